The number of unbranched alkanes of at least 4 members (excludes halogenated alkanes) is 1. The summed E-state index contributed by atoms with van der Waals surface area (Å²) < 4.78 is 5.08. The fourth-order valence-corrected chi connectivity index (χ4v) is 1.21. The van der Waals surface area contributed by atoms with Crippen LogP contribution in [0, 0.1) is 0 Å². The molecule has 0 saturated heterocycles. The van der Waals surface area contributed by atoms with Crippen molar-refractivity contribution in [2.75, 3.05) is 0 Å². The fourth-order valence-electron chi connectivity index (χ4n) is 1.21. The van der Waals surface area contributed by atoms with E-state index in [4.69, 9.17) is 9.52 Å². The summed E-state index contributed by atoms with van der Waals surface area (Å²) >= 11 is 0. The van der Waals surface area contributed by atoms with Crippen LogP contribution in [0.5, 0.6) is 0 Å². The van der Waals surface area contributed by atoms with Crippen LogP contribution in [0.4, 0.5) is 0 Å². The van der Waals surface area contributed by atoms with Gasteiger partial charge in [-0.3, -0.25) is 0 Å². The van der Waals surface area contributed by atoms with Gasteiger partial charge in [-0.25, -0.2) is 4.79 Å². The Kier molecular flexibility index (Phi) is 4.58. The summed E-state index contributed by atoms with van der Waals surface area (Å²) in [6.07, 6.45) is 2.56. The highest BCUT2D eigenvalue weighted by molar-refractivity contribution is 5.85. The van der Waals surface area contributed by atoms with Crippen LogP contribution in [0.3, 0.4) is 0 Å². The third-order valence-electron chi connectivity index (χ3n) is 2.19. The van der Waals surface area contributed by atoms with E-state index in [2.05, 4.69) is 6.58 Å². The number of carbonyl (C=O) groups is 1. The largest absolute Gasteiger partial charge is 0.478 e. The van der Waals surface area contributed by atoms with Gasteiger partial charge in [-0.15, -0.1) is 0 Å². The zero-order valence-corrected chi connectivity index (χ0v) is 9.40. The Balaban J connectivity index is 0.000000163. The summed E-state index contributed by atoms with van der Waals surface area (Å²) in [5.41, 5.74) is 2.25. The number of hydrogen-bond donors (Lipinski definition) is 1. The van der Waals surface area contributed by atoms with Gasteiger partial charge in [0, 0.05) is 5.57 Å². The average Bonchev–Trinajstić information content (AvgIpc) is 2.90. The smallest absolute Gasteiger partial charge is 0.330 e. The van der Waals surface area contributed by atoms with E-state index < -0.39 is 5.97 Å². The van der Waals surface area contributed by atoms with Crippen molar-refractivity contribution in [1.82, 2.24) is 0 Å². The van der Waals surface area contributed by atoms with Gasteiger partial charge in [0.15, 0.2) is 0 Å². The molecule has 2 bridgehead atoms. The lowest BCUT2D eigenvalue weighted by Gasteiger charge is -1.95. The van der Waals surface area contributed by atoms with Crippen molar-refractivity contribution in [3.63, 3.8) is 0 Å². The molecule has 1 N–H and O–H groups in total. The molecule has 0 saturated carbocycles. The van der Waals surface area contributed by atoms with E-state index in [1.165, 1.54) is 0 Å². The Morgan fingerprint density at radius 3 is 2.06 bits per heavy atom. The van der Waals surface area contributed by atoms with Crippen LogP contribution in [0.25, 0.3) is 11.2 Å². The highest BCUT2D eigenvalue weighted by Crippen LogP contribution is 2.13. The number of fused-ring (bicyclic) bond motifs is 2. The van der Waals surface area contributed by atoms with E-state index >= 15 is 0 Å². The Morgan fingerprint density at radius 1 is 1.31 bits per heavy atom. The number of carboxylic acid groups (broad SMARTS) is 1. The second-order valence-electron chi connectivity index (χ2n) is 3.59. The summed E-state index contributed by atoms with van der Waals surface area (Å²) in [5, 5.41) is 8.31. The number of hydrogen-bond acceptors (Lipinski definition) is 2. The third kappa shape index (κ3) is 3.77. The van der Waals surface area contributed by atoms with Crippen molar-refractivity contribution in [2.45, 2.75) is 26.2 Å². The van der Waals surface area contributed by atoms with Gasteiger partial charge in [-0.1, -0.05) is 19.9 Å². The molecule has 16 heavy (non-hydrogen) atoms. The monoisotopic (exact) mass is 220 g/mol. The number of carboxylic acids is 1. The summed E-state index contributed by atoms with van der Waals surface area (Å²) in [5.74, 6) is -0.872. The molecule has 2 rings (SSSR count). The predicted octanol–water partition coefficient (Wildman–Crippen LogP) is 3.69. The van der Waals surface area contributed by atoms with Crippen LogP contribution in [0.15, 0.2) is 40.8 Å². The Bertz CT molecular complexity index is 397. The van der Waals surface area contributed by atoms with E-state index in [0.29, 0.717) is 12.0 Å². The van der Waals surface area contributed by atoms with Crippen molar-refractivity contribution in [3.8, 4) is 0 Å². The maximum atomic E-state index is 10.1. The molecule has 0 aliphatic rings. The number of aliphatic carboxylic acids is 1. The first-order valence-electron chi connectivity index (χ1n) is 5.32. The zero-order chi connectivity index (χ0) is 12.0. The van der Waals surface area contributed by atoms with Crippen molar-refractivity contribution in [2.24, 2.45) is 0 Å². The molecule has 0 aliphatic carbocycles. The molecule has 0 radical (unpaired) electrons. The number of benzene rings is 1. The van der Waals surface area contributed by atoms with Gasteiger partial charge >= 0.3 is 5.97 Å². The lowest BCUT2D eigenvalue weighted by molar-refractivity contribution is -0.132. The van der Waals surface area contributed by atoms with Gasteiger partial charge in [0.1, 0.15) is 11.2 Å². The lowest BCUT2D eigenvalue weighted by Crippen LogP contribution is -1.97. The molecule has 3 nitrogen and oxygen atoms in total. The summed E-state index contributed by atoms with van der Waals surface area (Å²) in [6.45, 7) is 5.42. The molecule has 3 heteroatoms. The van der Waals surface area contributed by atoms with Crippen molar-refractivity contribution in [1.29, 1.82) is 0 Å². The van der Waals surface area contributed by atoms with Crippen molar-refractivity contribution < 1.29 is 14.3 Å². The van der Waals surface area contributed by atoms with Crippen LogP contribution in [0.2, 0.25) is 0 Å². The standard InChI is InChI=1S/C7H12O2.C6H4O/c1-3-4-5-6(2)7(8)9;1-2-6-4-3-5(1)7-6/h2-5H2,1H3,(H,8,9);1-4H. The Labute approximate surface area is 94.7 Å². The molecule has 2 aromatic heterocycles. The van der Waals surface area contributed by atoms with Gasteiger partial charge in [0.05, 0.1) is 0 Å². The zero-order valence-electron chi connectivity index (χ0n) is 9.40. The first-order valence-corrected chi connectivity index (χ1v) is 5.32. The molecule has 0 aromatic carbocycles. The van der Waals surface area contributed by atoms with E-state index in [9.17, 15) is 4.79 Å². The van der Waals surface area contributed by atoms with Crippen molar-refractivity contribution >= 4 is 17.1 Å². The Hall–Kier alpha value is -1.77. The lowest BCUT2D eigenvalue weighted by atomic mass is 10.1. The number of furan rings is 2. The molecule has 2 aromatic rings. The van der Waals surface area contributed by atoms with Gasteiger partial charge in [0.25, 0.3) is 0 Å². The molecule has 0 fully saturated rings. The molecular formula is C13H16O3. The summed E-state index contributed by atoms with van der Waals surface area (Å²) in [6, 6.07) is 7.81. The van der Waals surface area contributed by atoms with E-state index in [-0.39, 0.29) is 0 Å². The SMILES string of the molecule is C=C(CCCC)C(=O)O.c1cc2ccc1o2. The maximum absolute atomic E-state index is 10.1. The van der Waals surface area contributed by atoms with Gasteiger partial charge < -0.3 is 9.52 Å². The second kappa shape index (κ2) is 5.95. The van der Waals surface area contributed by atoms with Gasteiger partial charge in [-0.05, 0) is 37.1 Å². The molecule has 0 aliphatic heterocycles. The molecule has 2 heterocycles. The molecule has 0 unspecified atom stereocenters. The molecule has 86 valence electrons. The van der Waals surface area contributed by atoms with Crippen molar-refractivity contribution in [3.05, 3.63) is 36.4 Å². The first kappa shape index (κ1) is 12.3. The van der Waals surface area contributed by atoms with E-state index in [1.807, 2.05) is 31.2 Å². The van der Waals surface area contributed by atoms with Crippen LogP contribution in [-0.4, -0.2) is 11.1 Å². The highest BCUT2D eigenvalue weighted by Gasteiger charge is 2.00. The minimum Gasteiger partial charge on any atom is -0.478 e. The van der Waals surface area contributed by atoms with Crippen LogP contribution in [-0.2, 0) is 4.79 Å². The van der Waals surface area contributed by atoms with Crippen LogP contribution < -0.4 is 0 Å². The topological polar surface area (TPSA) is 50.4 Å². The first-order chi connectivity index (χ1) is 7.63. The number of rotatable bonds is 4. The quantitative estimate of drug-likeness (QED) is 0.799. The second-order valence-corrected chi connectivity index (χ2v) is 3.59. The highest BCUT2D eigenvalue weighted by atomic mass is 16.4. The Morgan fingerprint density at radius 2 is 1.81 bits per heavy atom. The van der Waals surface area contributed by atoms with E-state index in [0.717, 1.165) is 24.0 Å². The maximum Gasteiger partial charge on any atom is 0.330 e. The minimum absolute atomic E-state index is 0.317. The third-order valence-corrected chi connectivity index (χ3v) is 2.19. The molecule has 0 spiro atoms. The summed E-state index contributed by atoms with van der Waals surface area (Å²) in [4.78, 5) is 10.1. The minimum atomic E-state index is -0.872. The van der Waals surface area contributed by atoms with Crippen LogP contribution >= 0.6 is 0 Å². The summed E-state index contributed by atoms with van der Waals surface area (Å²) in [7, 11) is 0. The van der Waals surface area contributed by atoms with Gasteiger partial charge in [0.2, 0.25) is 0 Å². The normalized spacial score (nSPS) is 9.81. The molecule has 0 atom stereocenters. The average molecular weight is 220 g/mol. The fraction of sp³-hybridized carbons (Fsp3) is 0.308. The van der Waals surface area contributed by atoms with Crippen LogP contribution in [0.1, 0.15) is 26.2 Å². The molecular weight excluding hydrogens is 204 g/mol. The van der Waals surface area contributed by atoms with Gasteiger partial charge in [-0.2, -0.15) is 0 Å². The van der Waals surface area contributed by atoms with E-state index in [1.54, 1.807) is 0 Å². The predicted molar refractivity (Wildman–Crippen MR) is 63.7 cm³/mol. The molecule has 0 amide bonds.